The SMILES string of the molecule is CCCc1ncc(C#N)c2ccccc12. The normalized spacial score (nSPS) is 10.1. The molecule has 0 atom stereocenters. The number of nitrogens with zero attached hydrogens (tertiary/aromatic N) is 2. The molecular formula is C13H12N2. The quantitative estimate of drug-likeness (QED) is 0.740. The van der Waals surface area contributed by atoms with Crippen molar-refractivity contribution < 1.29 is 0 Å². The molecule has 0 bridgehead atoms. The first-order valence-electron chi connectivity index (χ1n) is 5.13. The van der Waals surface area contributed by atoms with Gasteiger partial charge in [-0.2, -0.15) is 5.26 Å². The number of aromatic nitrogens is 1. The third-order valence-corrected chi connectivity index (χ3v) is 2.48. The van der Waals surface area contributed by atoms with Gasteiger partial charge in [0.15, 0.2) is 0 Å². The summed E-state index contributed by atoms with van der Waals surface area (Å²) < 4.78 is 0. The number of fused-ring (bicyclic) bond motifs is 1. The fourth-order valence-electron chi connectivity index (χ4n) is 1.78. The Kier molecular flexibility index (Phi) is 2.64. The second-order valence-electron chi connectivity index (χ2n) is 3.53. The van der Waals surface area contributed by atoms with Crippen LogP contribution in [-0.2, 0) is 6.42 Å². The molecule has 0 aliphatic heterocycles. The van der Waals surface area contributed by atoms with Crippen LogP contribution in [0.5, 0.6) is 0 Å². The molecule has 2 rings (SSSR count). The fraction of sp³-hybridized carbons (Fsp3) is 0.231. The number of hydrogen-bond acceptors (Lipinski definition) is 2. The highest BCUT2D eigenvalue weighted by Crippen LogP contribution is 2.21. The van der Waals surface area contributed by atoms with Crippen LogP contribution in [0.15, 0.2) is 30.5 Å². The van der Waals surface area contributed by atoms with Crippen molar-refractivity contribution in [1.82, 2.24) is 4.98 Å². The van der Waals surface area contributed by atoms with Gasteiger partial charge >= 0.3 is 0 Å². The van der Waals surface area contributed by atoms with E-state index in [9.17, 15) is 0 Å². The van der Waals surface area contributed by atoms with E-state index in [0.29, 0.717) is 5.56 Å². The summed E-state index contributed by atoms with van der Waals surface area (Å²) in [5.74, 6) is 0. The molecule has 2 heteroatoms. The smallest absolute Gasteiger partial charge is 0.101 e. The molecule has 2 nitrogen and oxygen atoms in total. The summed E-state index contributed by atoms with van der Waals surface area (Å²) in [6.07, 6.45) is 3.71. The monoisotopic (exact) mass is 196 g/mol. The summed E-state index contributed by atoms with van der Waals surface area (Å²) in [7, 11) is 0. The molecule has 0 saturated heterocycles. The molecule has 0 radical (unpaired) electrons. The van der Waals surface area contributed by atoms with Crippen molar-refractivity contribution in [2.24, 2.45) is 0 Å². The van der Waals surface area contributed by atoms with Crippen molar-refractivity contribution in [2.75, 3.05) is 0 Å². The van der Waals surface area contributed by atoms with Crippen LogP contribution in [0.2, 0.25) is 0 Å². The van der Waals surface area contributed by atoms with Crippen molar-refractivity contribution in [3.63, 3.8) is 0 Å². The Morgan fingerprint density at radius 2 is 2.00 bits per heavy atom. The molecule has 0 fully saturated rings. The van der Waals surface area contributed by atoms with Gasteiger partial charge in [0.1, 0.15) is 6.07 Å². The van der Waals surface area contributed by atoms with Crippen molar-refractivity contribution in [3.05, 3.63) is 41.7 Å². The molecule has 0 aliphatic carbocycles. The predicted octanol–water partition coefficient (Wildman–Crippen LogP) is 3.06. The Balaban J connectivity index is 2.73. The van der Waals surface area contributed by atoms with E-state index in [1.807, 2.05) is 24.3 Å². The number of aryl methyl sites for hydroxylation is 1. The first-order valence-corrected chi connectivity index (χ1v) is 5.13. The Bertz CT molecular complexity index is 524. The summed E-state index contributed by atoms with van der Waals surface area (Å²) in [6.45, 7) is 2.13. The minimum absolute atomic E-state index is 0.658. The molecule has 2 aromatic rings. The molecule has 0 aliphatic rings. The average molecular weight is 196 g/mol. The summed E-state index contributed by atoms with van der Waals surface area (Å²) in [5, 5.41) is 11.1. The van der Waals surface area contributed by atoms with Crippen LogP contribution in [0.3, 0.4) is 0 Å². The van der Waals surface area contributed by atoms with Crippen LogP contribution < -0.4 is 0 Å². The maximum atomic E-state index is 8.97. The average Bonchev–Trinajstić information content (AvgIpc) is 2.30. The van der Waals surface area contributed by atoms with Crippen LogP contribution >= 0.6 is 0 Å². The fourth-order valence-corrected chi connectivity index (χ4v) is 1.78. The highest BCUT2D eigenvalue weighted by atomic mass is 14.7. The second kappa shape index (κ2) is 4.10. The van der Waals surface area contributed by atoms with Gasteiger partial charge in [-0.1, -0.05) is 37.6 Å². The lowest BCUT2D eigenvalue weighted by Crippen LogP contribution is -1.93. The Morgan fingerprint density at radius 3 is 2.67 bits per heavy atom. The molecule has 0 spiro atoms. The summed E-state index contributed by atoms with van der Waals surface area (Å²) >= 11 is 0. The standard InChI is InChI=1S/C13H12N2/c1-2-5-13-12-7-4-3-6-11(12)10(8-14)9-15-13/h3-4,6-7,9H,2,5H2,1H3. The van der Waals surface area contributed by atoms with E-state index in [1.54, 1.807) is 6.20 Å². The summed E-state index contributed by atoms with van der Waals surface area (Å²) in [5.41, 5.74) is 1.75. The van der Waals surface area contributed by atoms with E-state index in [0.717, 1.165) is 29.3 Å². The Labute approximate surface area is 89.2 Å². The lowest BCUT2D eigenvalue weighted by Gasteiger charge is -2.05. The van der Waals surface area contributed by atoms with Gasteiger partial charge in [-0.3, -0.25) is 4.98 Å². The number of nitriles is 1. The third kappa shape index (κ3) is 1.69. The molecular weight excluding hydrogens is 184 g/mol. The van der Waals surface area contributed by atoms with Gasteiger partial charge < -0.3 is 0 Å². The molecule has 0 amide bonds. The van der Waals surface area contributed by atoms with E-state index < -0.39 is 0 Å². The van der Waals surface area contributed by atoms with Crippen molar-refractivity contribution in [2.45, 2.75) is 19.8 Å². The molecule has 74 valence electrons. The van der Waals surface area contributed by atoms with E-state index in [-0.39, 0.29) is 0 Å². The maximum Gasteiger partial charge on any atom is 0.101 e. The van der Waals surface area contributed by atoms with Crippen LogP contribution in [-0.4, -0.2) is 4.98 Å². The lowest BCUT2D eigenvalue weighted by molar-refractivity contribution is 0.892. The van der Waals surface area contributed by atoms with Crippen molar-refractivity contribution in [1.29, 1.82) is 5.26 Å². The largest absolute Gasteiger partial charge is 0.259 e. The van der Waals surface area contributed by atoms with Crippen LogP contribution in [0, 0.1) is 11.3 Å². The zero-order valence-electron chi connectivity index (χ0n) is 8.70. The lowest BCUT2D eigenvalue weighted by atomic mass is 10.0. The zero-order valence-corrected chi connectivity index (χ0v) is 8.70. The summed E-state index contributed by atoms with van der Waals surface area (Å²) in [4.78, 5) is 4.34. The predicted molar refractivity (Wildman–Crippen MR) is 60.5 cm³/mol. The van der Waals surface area contributed by atoms with Crippen molar-refractivity contribution in [3.8, 4) is 6.07 Å². The number of benzene rings is 1. The second-order valence-corrected chi connectivity index (χ2v) is 3.53. The molecule has 0 N–H and O–H groups in total. The number of pyridine rings is 1. The van der Waals surface area contributed by atoms with Gasteiger partial charge in [-0.15, -0.1) is 0 Å². The van der Waals surface area contributed by atoms with E-state index in [1.165, 1.54) is 0 Å². The summed E-state index contributed by atoms with van der Waals surface area (Å²) in [6, 6.07) is 10.1. The zero-order chi connectivity index (χ0) is 10.7. The van der Waals surface area contributed by atoms with E-state index in [4.69, 9.17) is 5.26 Å². The van der Waals surface area contributed by atoms with Crippen LogP contribution in [0.25, 0.3) is 10.8 Å². The molecule has 1 heterocycles. The molecule has 0 unspecified atom stereocenters. The minimum atomic E-state index is 0.658. The van der Waals surface area contributed by atoms with Gasteiger partial charge in [-0.05, 0) is 6.42 Å². The highest BCUT2D eigenvalue weighted by molar-refractivity contribution is 5.89. The maximum absolute atomic E-state index is 8.97. The molecule has 15 heavy (non-hydrogen) atoms. The van der Waals surface area contributed by atoms with Gasteiger partial charge in [0, 0.05) is 22.7 Å². The molecule has 0 saturated carbocycles. The number of hydrogen-bond donors (Lipinski definition) is 0. The van der Waals surface area contributed by atoms with Crippen molar-refractivity contribution >= 4 is 10.8 Å². The highest BCUT2D eigenvalue weighted by Gasteiger charge is 2.05. The van der Waals surface area contributed by atoms with E-state index in [2.05, 4.69) is 18.0 Å². The topological polar surface area (TPSA) is 36.7 Å². The molecule has 1 aromatic carbocycles. The Hall–Kier alpha value is -1.88. The molecule has 1 aromatic heterocycles. The first-order chi connectivity index (χ1) is 7.36. The minimum Gasteiger partial charge on any atom is -0.259 e. The van der Waals surface area contributed by atoms with Crippen LogP contribution in [0.1, 0.15) is 24.6 Å². The van der Waals surface area contributed by atoms with Gasteiger partial charge in [0.05, 0.1) is 5.56 Å². The third-order valence-electron chi connectivity index (χ3n) is 2.48. The van der Waals surface area contributed by atoms with Crippen LogP contribution in [0.4, 0.5) is 0 Å². The van der Waals surface area contributed by atoms with Gasteiger partial charge in [0.2, 0.25) is 0 Å². The Morgan fingerprint density at radius 1 is 1.27 bits per heavy atom. The van der Waals surface area contributed by atoms with E-state index >= 15 is 0 Å². The van der Waals surface area contributed by atoms with Gasteiger partial charge in [0.25, 0.3) is 0 Å². The first kappa shape index (κ1) is 9.67. The number of rotatable bonds is 2. The van der Waals surface area contributed by atoms with Gasteiger partial charge in [-0.25, -0.2) is 0 Å².